The lowest BCUT2D eigenvalue weighted by Gasteiger charge is -2.09. The number of rotatable bonds is 6. The number of nitrogens with zero attached hydrogens (tertiary/aromatic N) is 3. The zero-order valence-electron chi connectivity index (χ0n) is 12.1. The highest BCUT2D eigenvalue weighted by Gasteiger charge is 2.12. The van der Waals surface area contributed by atoms with Crippen LogP contribution in [0.15, 0.2) is 35.1 Å². The molecule has 1 aromatic carbocycles. The highest BCUT2D eigenvalue weighted by atomic mass is 16.6. The molecule has 0 saturated carbocycles. The third-order valence-corrected chi connectivity index (χ3v) is 3.13. The first kappa shape index (κ1) is 15.8. The normalized spacial score (nSPS) is 10.6. The predicted octanol–water partition coefficient (Wildman–Crippen LogP) is 0.924. The van der Waals surface area contributed by atoms with E-state index < -0.39 is 4.92 Å². The summed E-state index contributed by atoms with van der Waals surface area (Å²) in [7, 11) is 1.53. The van der Waals surface area contributed by atoms with Gasteiger partial charge in [-0.15, -0.1) is 0 Å². The molecule has 0 unspecified atom stereocenters. The first-order valence-corrected chi connectivity index (χ1v) is 6.61. The predicted molar refractivity (Wildman–Crippen MR) is 80.4 cm³/mol. The molecule has 0 radical (unpaired) electrons. The van der Waals surface area contributed by atoms with Gasteiger partial charge in [-0.05, 0) is 6.07 Å². The first-order chi connectivity index (χ1) is 10.6. The van der Waals surface area contributed by atoms with Gasteiger partial charge in [-0.25, -0.2) is 4.68 Å². The summed E-state index contributed by atoms with van der Waals surface area (Å²) in [5.41, 5.74) is 6.68. The Bertz CT molecular complexity index is 742. The largest absolute Gasteiger partial charge is 0.383 e. The van der Waals surface area contributed by atoms with E-state index in [0.717, 1.165) is 0 Å². The van der Waals surface area contributed by atoms with Gasteiger partial charge in [0.15, 0.2) is 0 Å². The van der Waals surface area contributed by atoms with Crippen LogP contribution in [0.5, 0.6) is 0 Å². The summed E-state index contributed by atoms with van der Waals surface area (Å²) >= 11 is 0. The second-order valence-electron chi connectivity index (χ2n) is 4.59. The molecule has 0 aliphatic heterocycles. The molecule has 0 atom stereocenters. The van der Waals surface area contributed by atoms with E-state index in [1.165, 1.54) is 23.9 Å². The van der Waals surface area contributed by atoms with Gasteiger partial charge in [-0.1, -0.05) is 12.1 Å². The molecule has 0 bridgehead atoms. The average Bonchev–Trinajstić information content (AvgIpc) is 2.54. The zero-order chi connectivity index (χ0) is 16.1. The molecule has 0 fully saturated rings. The van der Waals surface area contributed by atoms with Crippen LogP contribution in [0.25, 0.3) is 11.3 Å². The molecule has 8 nitrogen and oxygen atoms in total. The molecule has 1 heterocycles. The maximum atomic E-state index is 12.1. The number of non-ortho nitro benzene ring substituents is 1. The fourth-order valence-electron chi connectivity index (χ4n) is 1.99. The van der Waals surface area contributed by atoms with Crippen LogP contribution in [-0.2, 0) is 17.8 Å². The summed E-state index contributed by atoms with van der Waals surface area (Å²) in [6.07, 6.45) is 0. The Morgan fingerprint density at radius 1 is 1.41 bits per heavy atom. The molecular weight excluding hydrogens is 288 g/mol. The molecule has 1 aromatic heterocycles. The van der Waals surface area contributed by atoms with Crippen molar-refractivity contribution in [3.05, 3.63) is 56.4 Å². The van der Waals surface area contributed by atoms with Crippen LogP contribution >= 0.6 is 0 Å². The van der Waals surface area contributed by atoms with Gasteiger partial charge >= 0.3 is 0 Å². The lowest BCUT2D eigenvalue weighted by atomic mass is 10.1. The molecule has 2 N–H and O–H groups in total. The number of hydrogen-bond donors (Lipinski definition) is 1. The number of methoxy groups -OCH3 is 1. The third-order valence-electron chi connectivity index (χ3n) is 3.13. The fourth-order valence-corrected chi connectivity index (χ4v) is 1.99. The quantitative estimate of drug-likeness (QED) is 0.627. The summed E-state index contributed by atoms with van der Waals surface area (Å²) in [5, 5.41) is 15.1. The van der Waals surface area contributed by atoms with E-state index in [0.29, 0.717) is 23.4 Å². The van der Waals surface area contributed by atoms with Crippen molar-refractivity contribution in [3.8, 4) is 11.3 Å². The van der Waals surface area contributed by atoms with Crippen LogP contribution in [0.2, 0.25) is 0 Å². The average molecular weight is 304 g/mol. The third kappa shape index (κ3) is 3.35. The van der Waals surface area contributed by atoms with Gasteiger partial charge in [0, 0.05) is 36.9 Å². The van der Waals surface area contributed by atoms with Crippen molar-refractivity contribution >= 4 is 5.69 Å². The minimum absolute atomic E-state index is 0.0387. The van der Waals surface area contributed by atoms with E-state index in [2.05, 4.69) is 5.10 Å². The lowest BCUT2D eigenvalue weighted by molar-refractivity contribution is -0.384. The number of nitro groups is 1. The Hall–Kier alpha value is -2.58. The Balaban J connectivity index is 2.52. The standard InChI is InChI=1S/C14H16N4O4/c1-22-6-5-17-14(19)11(9-15)8-13(16-17)10-3-2-4-12(7-10)18(20)21/h2-4,7-8H,5-6,9,15H2,1H3. The smallest absolute Gasteiger partial charge is 0.271 e. The van der Waals surface area contributed by atoms with Gasteiger partial charge in [0.2, 0.25) is 0 Å². The topological polar surface area (TPSA) is 113 Å². The maximum Gasteiger partial charge on any atom is 0.271 e. The monoisotopic (exact) mass is 304 g/mol. The Kier molecular flexibility index (Phi) is 4.97. The second kappa shape index (κ2) is 6.92. The molecule has 8 heteroatoms. The van der Waals surface area contributed by atoms with Gasteiger partial charge in [-0.2, -0.15) is 5.10 Å². The Morgan fingerprint density at radius 2 is 2.18 bits per heavy atom. The van der Waals surface area contributed by atoms with Crippen molar-refractivity contribution in [2.75, 3.05) is 13.7 Å². The summed E-state index contributed by atoms with van der Waals surface area (Å²) in [4.78, 5) is 22.5. The number of nitro benzene ring substituents is 1. The molecule has 22 heavy (non-hydrogen) atoms. The molecule has 2 rings (SSSR count). The van der Waals surface area contributed by atoms with Crippen molar-refractivity contribution in [2.24, 2.45) is 5.73 Å². The summed E-state index contributed by atoms with van der Waals surface area (Å²) in [5.74, 6) is 0. The summed E-state index contributed by atoms with van der Waals surface area (Å²) in [6, 6.07) is 7.63. The second-order valence-corrected chi connectivity index (χ2v) is 4.59. The highest BCUT2D eigenvalue weighted by molar-refractivity contribution is 5.62. The summed E-state index contributed by atoms with van der Waals surface area (Å²) < 4.78 is 6.21. The van der Waals surface area contributed by atoms with Crippen LogP contribution in [0.4, 0.5) is 5.69 Å². The molecule has 0 aliphatic rings. The number of aromatic nitrogens is 2. The van der Waals surface area contributed by atoms with E-state index in [4.69, 9.17) is 10.5 Å². The van der Waals surface area contributed by atoms with Crippen molar-refractivity contribution in [1.29, 1.82) is 0 Å². The van der Waals surface area contributed by atoms with E-state index in [1.807, 2.05) is 0 Å². The first-order valence-electron chi connectivity index (χ1n) is 6.61. The minimum Gasteiger partial charge on any atom is -0.383 e. The highest BCUT2D eigenvalue weighted by Crippen LogP contribution is 2.22. The van der Waals surface area contributed by atoms with Crippen molar-refractivity contribution in [3.63, 3.8) is 0 Å². The lowest BCUT2D eigenvalue weighted by Crippen LogP contribution is -2.29. The van der Waals surface area contributed by atoms with Crippen LogP contribution in [-0.4, -0.2) is 28.4 Å². The number of benzene rings is 1. The van der Waals surface area contributed by atoms with Crippen molar-refractivity contribution < 1.29 is 9.66 Å². The van der Waals surface area contributed by atoms with E-state index in [-0.39, 0.29) is 24.3 Å². The molecule has 2 aromatic rings. The van der Waals surface area contributed by atoms with Crippen LogP contribution in [0.3, 0.4) is 0 Å². The van der Waals surface area contributed by atoms with Crippen LogP contribution in [0.1, 0.15) is 5.56 Å². The number of ether oxygens (including phenoxy) is 1. The van der Waals surface area contributed by atoms with Crippen LogP contribution in [0, 0.1) is 10.1 Å². The number of hydrogen-bond acceptors (Lipinski definition) is 6. The van der Waals surface area contributed by atoms with Crippen molar-refractivity contribution in [2.45, 2.75) is 13.1 Å². The minimum atomic E-state index is -0.478. The molecule has 0 spiro atoms. The molecule has 0 saturated heterocycles. The van der Waals surface area contributed by atoms with E-state index in [9.17, 15) is 14.9 Å². The Labute approximate surface area is 126 Å². The van der Waals surface area contributed by atoms with Gasteiger partial charge in [0.05, 0.1) is 23.8 Å². The Morgan fingerprint density at radius 3 is 2.82 bits per heavy atom. The van der Waals surface area contributed by atoms with Crippen molar-refractivity contribution in [1.82, 2.24) is 9.78 Å². The SMILES string of the molecule is COCCn1nc(-c2cccc([N+](=O)[O-])c2)cc(CN)c1=O. The van der Waals surface area contributed by atoms with Gasteiger partial charge in [0.1, 0.15) is 0 Å². The fraction of sp³-hybridized carbons (Fsp3) is 0.286. The summed E-state index contributed by atoms with van der Waals surface area (Å²) in [6.45, 7) is 0.677. The van der Waals surface area contributed by atoms with Gasteiger partial charge < -0.3 is 10.5 Å². The number of nitrogens with two attached hydrogens (primary N) is 1. The molecule has 116 valence electrons. The maximum absolute atomic E-state index is 12.1. The molecular formula is C14H16N4O4. The van der Waals surface area contributed by atoms with Crippen LogP contribution < -0.4 is 11.3 Å². The molecule has 0 amide bonds. The molecule has 0 aliphatic carbocycles. The zero-order valence-corrected chi connectivity index (χ0v) is 12.1. The van der Waals surface area contributed by atoms with E-state index in [1.54, 1.807) is 18.2 Å². The van der Waals surface area contributed by atoms with E-state index >= 15 is 0 Å². The van der Waals surface area contributed by atoms with Gasteiger partial charge in [-0.3, -0.25) is 14.9 Å². The van der Waals surface area contributed by atoms with Gasteiger partial charge in [0.25, 0.3) is 11.2 Å².